The minimum absolute atomic E-state index is 0. The minimum Gasteiger partial charge on any atom is -0.493 e. The standard InChI is InChI=1S/C20H33N3O3.HI/c1-4-21-20(23-17-7-5-6-15(2)12-17)22-14-16-8-9-18(26-11-10-24)19(13-16)25-3;/h8-9,13,15,17,24H,4-7,10-12,14H2,1-3H3,(H2,21,22,23);1H. The highest BCUT2D eigenvalue weighted by atomic mass is 127. The Morgan fingerprint density at radius 1 is 1.30 bits per heavy atom. The SMILES string of the molecule is CCNC(=NCc1ccc(OCCO)c(OC)c1)NC1CCCC(C)C1.I. The average Bonchev–Trinajstić information content (AvgIpc) is 2.65. The predicted octanol–water partition coefficient (Wildman–Crippen LogP) is 3.32. The Bertz CT molecular complexity index is 584. The van der Waals surface area contributed by atoms with Crippen molar-refractivity contribution in [3.8, 4) is 11.5 Å². The molecule has 6 nitrogen and oxygen atoms in total. The molecule has 0 saturated heterocycles. The number of nitrogens with zero attached hydrogens (tertiary/aromatic N) is 1. The second-order valence-electron chi connectivity index (χ2n) is 6.87. The van der Waals surface area contributed by atoms with Crippen LogP contribution < -0.4 is 20.1 Å². The predicted molar refractivity (Wildman–Crippen MR) is 120 cm³/mol. The first-order valence-electron chi connectivity index (χ1n) is 9.61. The highest BCUT2D eigenvalue weighted by Gasteiger charge is 2.19. The lowest BCUT2D eigenvalue weighted by atomic mass is 9.87. The van der Waals surface area contributed by atoms with Crippen molar-refractivity contribution in [2.45, 2.75) is 52.1 Å². The number of ether oxygens (including phenoxy) is 2. The van der Waals surface area contributed by atoms with Crippen LogP contribution in [-0.2, 0) is 6.54 Å². The number of benzene rings is 1. The van der Waals surface area contributed by atoms with E-state index in [1.807, 2.05) is 18.2 Å². The third-order valence-corrected chi connectivity index (χ3v) is 4.62. The molecule has 27 heavy (non-hydrogen) atoms. The van der Waals surface area contributed by atoms with Crippen molar-refractivity contribution in [3.63, 3.8) is 0 Å². The van der Waals surface area contributed by atoms with E-state index in [-0.39, 0.29) is 37.2 Å². The van der Waals surface area contributed by atoms with Crippen LogP contribution in [0.4, 0.5) is 0 Å². The zero-order chi connectivity index (χ0) is 18.8. The first-order chi connectivity index (χ1) is 12.7. The smallest absolute Gasteiger partial charge is 0.191 e. The number of rotatable bonds is 8. The summed E-state index contributed by atoms with van der Waals surface area (Å²) < 4.78 is 10.9. The summed E-state index contributed by atoms with van der Waals surface area (Å²) in [7, 11) is 1.62. The summed E-state index contributed by atoms with van der Waals surface area (Å²) in [6.07, 6.45) is 5.02. The first kappa shape index (κ1) is 23.8. The normalized spacial score (nSPS) is 19.8. The monoisotopic (exact) mass is 491 g/mol. The van der Waals surface area contributed by atoms with Gasteiger partial charge in [0.2, 0.25) is 0 Å². The first-order valence-corrected chi connectivity index (χ1v) is 9.61. The largest absolute Gasteiger partial charge is 0.493 e. The molecule has 1 aromatic carbocycles. The molecule has 0 spiro atoms. The molecule has 0 heterocycles. The summed E-state index contributed by atoms with van der Waals surface area (Å²) in [5, 5.41) is 15.8. The van der Waals surface area contributed by atoms with Crippen LogP contribution in [0.25, 0.3) is 0 Å². The summed E-state index contributed by atoms with van der Waals surface area (Å²) in [4.78, 5) is 4.73. The molecule has 2 rings (SSSR count). The lowest BCUT2D eigenvalue weighted by molar-refractivity contribution is 0.196. The van der Waals surface area contributed by atoms with Gasteiger partial charge < -0.3 is 25.2 Å². The maximum Gasteiger partial charge on any atom is 0.191 e. The van der Waals surface area contributed by atoms with Crippen LogP contribution in [0.1, 0.15) is 45.1 Å². The number of hydrogen-bond donors (Lipinski definition) is 3. The van der Waals surface area contributed by atoms with E-state index in [9.17, 15) is 0 Å². The zero-order valence-corrected chi connectivity index (χ0v) is 19.0. The Morgan fingerprint density at radius 3 is 2.78 bits per heavy atom. The molecule has 2 unspecified atom stereocenters. The van der Waals surface area contributed by atoms with E-state index in [0.717, 1.165) is 24.0 Å². The van der Waals surface area contributed by atoms with E-state index >= 15 is 0 Å². The Labute approximate surface area is 180 Å². The molecule has 154 valence electrons. The van der Waals surface area contributed by atoms with Gasteiger partial charge in [-0.1, -0.05) is 25.8 Å². The molecule has 1 aromatic rings. The van der Waals surface area contributed by atoms with Crippen LogP contribution in [0.15, 0.2) is 23.2 Å². The Balaban J connectivity index is 0.00000364. The lowest BCUT2D eigenvalue weighted by Gasteiger charge is -2.28. The van der Waals surface area contributed by atoms with Gasteiger partial charge in [0.15, 0.2) is 17.5 Å². The van der Waals surface area contributed by atoms with Crippen LogP contribution in [0.2, 0.25) is 0 Å². The lowest BCUT2D eigenvalue weighted by Crippen LogP contribution is -2.45. The molecule has 1 fully saturated rings. The number of aliphatic imine (C=N–C) groups is 1. The maximum atomic E-state index is 8.90. The van der Waals surface area contributed by atoms with Crippen LogP contribution >= 0.6 is 24.0 Å². The molecule has 1 saturated carbocycles. The highest BCUT2D eigenvalue weighted by Crippen LogP contribution is 2.28. The summed E-state index contributed by atoms with van der Waals surface area (Å²) >= 11 is 0. The van der Waals surface area contributed by atoms with E-state index < -0.39 is 0 Å². The van der Waals surface area contributed by atoms with E-state index in [1.165, 1.54) is 25.7 Å². The minimum atomic E-state index is -0.0211. The Kier molecular flexibility index (Phi) is 11.5. The van der Waals surface area contributed by atoms with Crippen molar-refractivity contribution in [2.75, 3.05) is 26.9 Å². The van der Waals surface area contributed by atoms with Crippen molar-refractivity contribution in [1.82, 2.24) is 10.6 Å². The highest BCUT2D eigenvalue weighted by molar-refractivity contribution is 14.0. The van der Waals surface area contributed by atoms with Crippen molar-refractivity contribution < 1.29 is 14.6 Å². The van der Waals surface area contributed by atoms with Gasteiger partial charge in [0.1, 0.15) is 6.61 Å². The number of methoxy groups -OCH3 is 1. The fraction of sp³-hybridized carbons (Fsp3) is 0.650. The fourth-order valence-electron chi connectivity index (χ4n) is 3.33. The van der Waals surface area contributed by atoms with E-state index in [1.54, 1.807) is 7.11 Å². The van der Waals surface area contributed by atoms with E-state index in [2.05, 4.69) is 24.5 Å². The molecule has 0 amide bonds. The topological polar surface area (TPSA) is 75.1 Å². The Hall–Kier alpha value is -1.22. The summed E-state index contributed by atoms with van der Waals surface area (Å²) in [5.74, 6) is 2.94. The summed E-state index contributed by atoms with van der Waals surface area (Å²) in [6, 6.07) is 6.27. The molecule has 1 aliphatic carbocycles. The molecule has 3 N–H and O–H groups in total. The molecular weight excluding hydrogens is 457 g/mol. The van der Waals surface area contributed by atoms with Gasteiger partial charge in [-0.25, -0.2) is 4.99 Å². The molecule has 0 aromatic heterocycles. The van der Waals surface area contributed by atoms with Crippen LogP contribution in [0.3, 0.4) is 0 Å². The van der Waals surface area contributed by atoms with E-state index in [0.29, 0.717) is 24.1 Å². The quantitative estimate of drug-likeness (QED) is 0.296. The summed E-state index contributed by atoms with van der Waals surface area (Å²) in [6.45, 7) is 6.04. The van der Waals surface area contributed by atoms with Crippen molar-refractivity contribution in [1.29, 1.82) is 0 Å². The molecule has 0 aliphatic heterocycles. The van der Waals surface area contributed by atoms with Crippen LogP contribution in [0.5, 0.6) is 11.5 Å². The maximum absolute atomic E-state index is 8.90. The van der Waals surface area contributed by atoms with Gasteiger partial charge in [0.05, 0.1) is 20.3 Å². The van der Waals surface area contributed by atoms with Crippen molar-refractivity contribution >= 4 is 29.9 Å². The summed E-state index contributed by atoms with van der Waals surface area (Å²) in [5.41, 5.74) is 1.05. The van der Waals surface area contributed by atoms with Crippen molar-refractivity contribution in [2.24, 2.45) is 10.9 Å². The number of guanidine groups is 1. The fourth-order valence-corrected chi connectivity index (χ4v) is 3.33. The van der Waals surface area contributed by atoms with Crippen LogP contribution in [-0.4, -0.2) is 44.0 Å². The molecule has 7 heteroatoms. The van der Waals surface area contributed by atoms with Gasteiger partial charge in [-0.15, -0.1) is 24.0 Å². The number of halogens is 1. The molecular formula is C20H34IN3O3. The molecule has 0 bridgehead atoms. The zero-order valence-electron chi connectivity index (χ0n) is 16.7. The third kappa shape index (κ3) is 8.13. The number of aliphatic hydroxyl groups excluding tert-OH is 1. The molecule has 0 radical (unpaired) electrons. The van der Waals surface area contributed by atoms with Gasteiger partial charge in [0.25, 0.3) is 0 Å². The average molecular weight is 491 g/mol. The van der Waals surface area contributed by atoms with E-state index in [4.69, 9.17) is 19.6 Å². The number of hydrogen-bond acceptors (Lipinski definition) is 4. The van der Waals surface area contributed by atoms with Crippen LogP contribution in [0, 0.1) is 5.92 Å². The van der Waals surface area contributed by atoms with Gasteiger partial charge in [0, 0.05) is 12.6 Å². The Morgan fingerprint density at radius 2 is 2.11 bits per heavy atom. The van der Waals surface area contributed by atoms with Gasteiger partial charge in [-0.3, -0.25) is 0 Å². The third-order valence-electron chi connectivity index (χ3n) is 4.62. The second-order valence-corrected chi connectivity index (χ2v) is 6.87. The van der Waals surface area contributed by atoms with Gasteiger partial charge in [-0.2, -0.15) is 0 Å². The second kappa shape index (κ2) is 13.0. The van der Waals surface area contributed by atoms with Gasteiger partial charge >= 0.3 is 0 Å². The number of nitrogens with one attached hydrogen (secondary N) is 2. The number of aliphatic hydroxyl groups is 1. The van der Waals surface area contributed by atoms with Crippen molar-refractivity contribution in [3.05, 3.63) is 23.8 Å². The molecule has 1 aliphatic rings. The van der Waals surface area contributed by atoms with Gasteiger partial charge in [-0.05, 0) is 43.4 Å². The molecule has 2 atom stereocenters.